The van der Waals surface area contributed by atoms with Crippen molar-refractivity contribution in [3.8, 4) is 12.1 Å². The number of nitriles is 2. The quantitative estimate of drug-likeness (QED) is 0.477. The average molecular weight is 273 g/mol. The molecule has 6 heteroatoms. The van der Waals surface area contributed by atoms with E-state index in [-0.39, 0.29) is 0 Å². The van der Waals surface area contributed by atoms with E-state index in [1.807, 2.05) is 18.4 Å². The Morgan fingerprint density at radius 3 is 2.68 bits per heavy atom. The zero-order chi connectivity index (χ0) is 14.3. The van der Waals surface area contributed by atoms with Crippen LogP contribution >= 0.6 is 11.3 Å². The number of esters is 1. The van der Waals surface area contributed by atoms with Crippen LogP contribution in [-0.2, 0) is 9.53 Å². The molecule has 0 aliphatic rings. The van der Waals surface area contributed by atoms with Gasteiger partial charge in [0.05, 0.1) is 7.11 Å². The van der Waals surface area contributed by atoms with Crippen LogP contribution in [0.5, 0.6) is 0 Å². The number of thiophene rings is 1. The lowest BCUT2D eigenvalue weighted by Gasteiger charge is -2.06. The van der Waals surface area contributed by atoms with Crippen LogP contribution in [0.3, 0.4) is 0 Å². The molecule has 0 bridgehead atoms. The molecular formula is C13H11N3O2S. The molecule has 0 saturated heterocycles. The van der Waals surface area contributed by atoms with E-state index in [4.69, 9.17) is 10.5 Å². The van der Waals surface area contributed by atoms with E-state index in [0.717, 1.165) is 22.6 Å². The van der Waals surface area contributed by atoms with Gasteiger partial charge < -0.3 is 4.74 Å². The molecule has 0 saturated carbocycles. The van der Waals surface area contributed by atoms with Crippen molar-refractivity contribution in [3.63, 3.8) is 0 Å². The fourth-order valence-electron chi connectivity index (χ4n) is 1.13. The summed E-state index contributed by atoms with van der Waals surface area (Å²) < 4.78 is 4.41. The molecule has 0 spiro atoms. The van der Waals surface area contributed by atoms with Crippen molar-refractivity contribution in [1.29, 1.82) is 10.5 Å². The maximum atomic E-state index is 11.0. The van der Waals surface area contributed by atoms with Crippen LogP contribution in [-0.4, -0.2) is 24.8 Å². The zero-order valence-corrected chi connectivity index (χ0v) is 11.3. The molecule has 0 aliphatic heterocycles. The van der Waals surface area contributed by atoms with Crippen LogP contribution in [0.25, 0.3) is 0 Å². The van der Waals surface area contributed by atoms with E-state index in [0.29, 0.717) is 0 Å². The lowest BCUT2D eigenvalue weighted by Crippen LogP contribution is -2.19. The predicted molar refractivity (Wildman–Crippen MR) is 71.8 cm³/mol. The monoisotopic (exact) mass is 273 g/mol. The molecule has 1 aromatic heterocycles. The molecule has 0 atom stereocenters. The van der Waals surface area contributed by atoms with Crippen LogP contribution in [0, 0.1) is 29.6 Å². The van der Waals surface area contributed by atoms with E-state index >= 15 is 0 Å². The van der Waals surface area contributed by atoms with E-state index in [9.17, 15) is 4.79 Å². The second kappa shape index (κ2) is 6.48. The minimum Gasteiger partial charge on any atom is -0.466 e. The molecule has 1 rings (SSSR count). The third-order valence-electron chi connectivity index (χ3n) is 2.29. The molecule has 0 N–H and O–H groups in total. The zero-order valence-electron chi connectivity index (χ0n) is 10.5. The third kappa shape index (κ3) is 3.77. The molecule has 1 aromatic rings. The highest BCUT2D eigenvalue weighted by Gasteiger charge is 2.25. The molecule has 0 aromatic carbocycles. The van der Waals surface area contributed by atoms with Gasteiger partial charge in [-0.05, 0) is 30.0 Å². The van der Waals surface area contributed by atoms with Gasteiger partial charge in [-0.1, -0.05) is 0 Å². The molecule has 0 amide bonds. The summed E-state index contributed by atoms with van der Waals surface area (Å²) in [5.74, 6) is -0.641. The van der Waals surface area contributed by atoms with Gasteiger partial charge in [0.2, 0.25) is 0 Å². The van der Waals surface area contributed by atoms with E-state index in [2.05, 4.69) is 9.73 Å². The molecule has 0 radical (unpaired) electrons. The fourth-order valence-corrected chi connectivity index (χ4v) is 1.92. The summed E-state index contributed by atoms with van der Waals surface area (Å²) in [5.41, 5.74) is -0.708. The Balaban J connectivity index is 3.03. The molecule has 0 unspecified atom stereocenters. The lowest BCUT2D eigenvalue weighted by atomic mass is 10.0. The van der Waals surface area contributed by atoms with E-state index < -0.39 is 11.5 Å². The Morgan fingerprint density at radius 1 is 1.53 bits per heavy atom. The van der Waals surface area contributed by atoms with E-state index in [1.54, 1.807) is 12.1 Å². The number of hydrogen-bond acceptors (Lipinski definition) is 6. The summed E-state index contributed by atoms with van der Waals surface area (Å²) in [7, 11) is 1.21. The summed E-state index contributed by atoms with van der Waals surface area (Å²) >= 11 is 1.46. The van der Waals surface area contributed by atoms with Crippen molar-refractivity contribution in [2.24, 2.45) is 4.99 Å². The Kier molecular flexibility index (Phi) is 4.99. The van der Waals surface area contributed by atoms with Crippen LogP contribution in [0.2, 0.25) is 0 Å². The van der Waals surface area contributed by atoms with Gasteiger partial charge >= 0.3 is 5.97 Å². The van der Waals surface area contributed by atoms with Crippen molar-refractivity contribution in [1.82, 2.24) is 0 Å². The maximum absolute atomic E-state index is 11.0. The number of hydrogen-bond donors (Lipinski definition) is 0. The molecule has 0 aliphatic carbocycles. The Labute approximate surface area is 115 Å². The van der Waals surface area contributed by atoms with Crippen molar-refractivity contribution in [2.45, 2.75) is 12.5 Å². The van der Waals surface area contributed by atoms with Gasteiger partial charge in [-0.25, -0.2) is 4.79 Å². The van der Waals surface area contributed by atoms with Gasteiger partial charge in [0, 0.05) is 17.2 Å². The summed E-state index contributed by atoms with van der Waals surface area (Å²) in [6.45, 7) is 1.91. The summed E-state index contributed by atoms with van der Waals surface area (Å²) in [6.07, 6.45) is 3.61. The van der Waals surface area contributed by atoms with Crippen molar-refractivity contribution in [2.75, 3.05) is 7.11 Å². The first kappa shape index (κ1) is 14.6. The molecule has 1 heterocycles. The van der Waals surface area contributed by atoms with Gasteiger partial charge in [-0.2, -0.15) is 10.5 Å². The average Bonchev–Trinajstić information content (AvgIpc) is 2.85. The number of rotatable bonds is 4. The molecule has 96 valence electrons. The smallest absolute Gasteiger partial charge is 0.330 e. The number of methoxy groups -OCH3 is 1. The minimum atomic E-state index is -1.72. The first-order chi connectivity index (χ1) is 9.06. The topological polar surface area (TPSA) is 86.2 Å². The van der Waals surface area contributed by atoms with Crippen molar-refractivity contribution in [3.05, 3.63) is 34.0 Å². The van der Waals surface area contributed by atoms with Gasteiger partial charge in [-0.15, -0.1) is 11.3 Å². The molecule has 0 fully saturated rings. The second-order valence-electron chi connectivity index (χ2n) is 3.57. The standard InChI is InChI=1S/C13H11N3O2S/c1-10-4-6-19-11(10)7-16-13(8-14,9-15)5-3-12(17)18-2/h3-7H,1-2H3/b5-3-,16-7?. The highest BCUT2D eigenvalue weighted by Crippen LogP contribution is 2.16. The minimum absolute atomic E-state index is 0.641. The number of aryl methyl sites for hydroxylation is 1. The van der Waals surface area contributed by atoms with Crippen LogP contribution in [0.4, 0.5) is 0 Å². The first-order valence-electron chi connectivity index (χ1n) is 5.26. The normalized spacial score (nSPS) is 11.4. The van der Waals surface area contributed by atoms with Crippen molar-refractivity contribution < 1.29 is 9.53 Å². The Morgan fingerprint density at radius 2 is 2.21 bits per heavy atom. The summed E-state index contributed by atoms with van der Waals surface area (Å²) in [6, 6.07) is 5.47. The number of aliphatic imine (C=N–C) groups is 1. The number of carbonyl (C=O) groups is 1. The summed E-state index contributed by atoms with van der Waals surface area (Å²) in [4.78, 5) is 15.8. The third-order valence-corrected chi connectivity index (χ3v) is 3.24. The molecule has 5 nitrogen and oxygen atoms in total. The van der Waals surface area contributed by atoms with Gasteiger partial charge in [0.1, 0.15) is 12.1 Å². The fraction of sp³-hybridized carbons (Fsp3) is 0.231. The van der Waals surface area contributed by atoms with Crippen LogP contribution < -0.4 is 0 Å². The van der Waals surface area contributed by atoms with Crippen LogP contribution in [0.15, 0.2) is 28.6 Å². The molecular weight excluding hydrogens is 262 g/mol. The molecule has 19 heavy (non-hydrogen) atoms. The van der Waals surface area contributed by atoms with E-state index in [1.165, 1.54) is 24.7 Å². The second-order valence-corrected chi connectivity index (χ2v) is 4.52. The highest BCUT2D eigenvalue weighted by atomic mass is 32.1. The van der Waals surface area contributed by atoms with Crippen molar-refractivity contribution >= 4 is 23.5 Å². The predicted octanol–water partition coefficient (Wildman–Crippen LogP) is 1.99. The maximum Gasteiger partial charge on any atom is 0.330 e. The first-order valence-corrected chi connectivity index (χ1v) is 6.14. The number of ether oxygens (including phenoxy) is 1. The van der Waals surface area contributed by atoms with Crippen LogP contribution in [0.1, 0.15) is 10.4 Å². The Hall–Kier alpha value is -2.44. The van der Waals surface area contributed by atoms with Gasteiger partial charge in [0.25, 0.3) is 5.54 Å². The van der Waals surface area contributed by atoms with Gasteiger partial charge in [0.15, 0.2) is 0 Å². The lowest BCUT2D eigenvalue weighted by molar-refractivity contribution is -0.134. The largest absolute Gasteiger partial charge is 0.466 e. The number of carbonyl (C=O) groups excluding carboxylic acids is 1. The summed E-state index contributed by atoms with van der Waals surface area (Å²) in [5, 5.41) is 20.0. The highest BCUT2D eigenvalue weighted by molar-refractivity contribution is 7.11. The SMILES string of the molecule is COC(=O)/C=C\C(C#N)(C#N)N=Cc1sccc1C. The Bertz CT molecular complexity index is 588. The van der Waals surface area contributed by atoms with Gasteiger partial charge in [-0.3, -0.25) is 4.99 Å². The number of nitrogens with zero attached hydrogens (tertiary/aromatic N) is 3.